The molecule has 1 aliphatic rings. The van der Waals surface area contributed by atoms with Crippen LogP contribution in [0, 0.1) is 5.92 Å². The second-order valence-electron chi connectivity index (χ2n) is 5.49. The van der Waals surface area contributed by atoms with E-state index in [0.717, 1.165) is 11.8 Å². The Morgan fingerprint density at radius 3 is 3.00 bits per heavy atom. The molecule has 1 fully saturated rings. The summed E-state index contributed by atoms with van der Waals surface area (Å²) in [5, 5.41) is 10.7. The Morgan fingerprint density at radius 1 is 1.45 bits per heavy atom. The highest BCUT2D eigenvalue weighted by Gasteiger charge is 2.29. The number of aliphatic hydroxyl groups is 1. The molecule has 20 heavy (non-hydrogen) atoms. The maximum absolute atomic E-state index is 12.4. The van der Waals surface area contributed by atoms with Crippen molar-refractivity contribution in [2.24, 2.45) is 5.92 Å². The van der Waals surface area contributed by atoms with Crippen molar-refractivity contribution >= 4 is 22.6 Å². The number of rotatable bonds is 1. The maximum atomic E-state index is 12.4. The van der Waals surface area contributed by atoms with Crippen molar-refractivity contribution in [3.63, 3.8) is 0 Å². The van der Waals surface area contributed by atoms with Crippen LogP contribution in [0.2, 0.25) is 0 Å². The van der Waals surface area contributed by atoms with Crippen LogP contribution in [0.25, 0.3) is 11.0 Å². The number of fused-ring (bicyclic) bond motifs is 1. The number of aliphatic hydroxyl groups excluding tert-OH is 1. The normalized spacial score (nSPS) is 23.2. The lowest BCUT2D eigenvalue weighted by molar-refractivity contribution is 0.0232. The van der Waals surface area contributed by atoms with Crippen LogP contribution in [0.3, 0.4) is 0 Å². The number of carbonyl (C=O) groups is 1. The zero-order valence-corrected chi connectivity index (χ0v) is 11.4. The summed E-state index contributed by atoms with van der Waals surface area (Å²) >= 11 is 0. The first-order valence-electron chi connectivity index (χ1n) is 6.81. The molecule has 2 unspecified atom stereocenters. The molecule has 0 bridgehead atoms. The Balaban J connectivity index is 1.85. The molecule has 1 aromatic heterocycles. The number of carbonyl (C=O) groups excluding carboxylic acids is 1. The molecule has 2 aromatic rings. The van der Waals surface area contributed by atoms with Crippen LogP contribution in [-0.2, 0) is 0 Å². The number of hydrogen-bond acceptors (Lipinski definition) is 4. The van der Waals surface area contributed by atoms with Gasteiger partial charge >= 0.3 is 0 Å². The van der Waals surface area contributed by atoms with Crippen molar-refractivity contribution in [1.29, 1.82) is 0 Å². The molecule has 0 aliphatic carbocycles. The van der Waals surface area contributed by atoms with Gasteiger partial charge in [0, 0.05) is 24.2 Å². The average molecular weight is 274 g/mol. The van der Waals surface area contributed by atoms with Gasteiger partial charge in [-0.15, -0.1) is 0 Å². The summed E-state index contributed by atoms with van der Waals surface area (Å²) in [5.74, 6) is 0.354. The van der Waals surface area contributed by atoms with E-state index in [9.17, 15) is 9.90 Å². The van der Waals surface area contributed by atoms with Crippen molar-refractivity contribution in [2.75, 3.05) is 18.8 Å². The summed E-state index contributed by atoms with van der Waals surface area (Å²) in [7, 11) is 0. The number of benzene rings is 1. The van der Waals surface area contributed by atoms with E-state index in [-0.39, 0.29) is 11.8 Å². The van der Waals surface area contributed by atoms with Crippen molar-refractivity contribution in [3.8, 4) is 0 Å². The molecule has 1 amide bonds. The predicted octanol–water partition coefficient (Wildman–Crippen LogP) is 1.86. The Kier molecular flexibility index (Phi) is 3.14. The van der Waals surface area contributed by atoms with Crippen molar-refractivity contribution < 1.29 is 14.3 Å². The molecule has 2 atom stereocenters. The van der Waals surface area contributed by atoms with Crippen LogP contribution in [0.4, 0.5) is 5.69 Å². The molecule has 2 heterocycles. The summed E-state index contributed by atoms with van der Waals surface area (Å²) in [6, 6.07) is 6.99. The van der Waals surface area contributed by atoms with Crippen LogP contribution in [0.1, 0.15) is 23.9 Å². The third kappa shape index (κ3) is 2.25. The minimum absolute atomic E-state index is 0.175. The number of furan rings is 1. The van der Waals surface area contributed by atoms with Crippen molar-refractivity contribution in [3.05, 3.63) is 30.0 Å². The van der Waals surface area contributed by atoms with Gasteiger partial charge in [0.1, 0.15) is 5.58 Å². The minimum Gasteiger partial charge on any atom is -0.451 e. The second-order valence-corrected chi connectivity index (χ2v) is 5.49. The molecule has 1 aliphatic heterocycles. The Labute approximate surface area is 117 Å². The zero-order valence-electron chi connectivity index (χ0n) is 11.4. The molecular formula is C15H18N2O3. The van der Waals surface area contributed by atoms with Gasteiger partial charge in [0.05, 0.1) is 6.10 Å². The maximum Gasteiger partial charge on any atom is 0.289 e. The summed E-state index contributed by atoms with van der Waals surface area (Å²) in [6.45, 7) is 3.01. The van der Waals surface area contributed by atoms with E-state index in [2.05, 4.69) is 0 Å². The lowest BCUT2D eigenvalue weighted by Crippen LogP contribution is -2.45. The first-order valence-corrected chi connectivity index (χ1v) is 6.81. The highest BCUT2D eigenvalue weighted by atomic mass is 16.3. The standard InChI is InChI=1S/C15H18N2O3/c1-9-4-5-17(8-12(9)18)15(19)14-7-10-6-11(16)2-3-13(10)20-14/h2-3,6-7,9,12,18H,4-5,8,16H2,1H3. The predicted molar refractivity (Wildman–Crippen MR) is 76.3 cm³/mol. The molecule has 5 nitrogen and oxygen atoms in total. The van der Waals surface area contributed by atoms with Crippen molar-refractivity contribution in [2.45, 2.75) is 19.4 Å². The van der Waals surface area contributed by atoms with E-state index in [1.807, 2.05) is 6.92 Å². The smallest absolute Gasteiger partial charge is 0.289 e. The number of β-amino-alcohol motifs (C(OH)–C–C–N with tert-alkyl or cyclic N) is 1. The van der Waals surface area contributed by atoms with Gasteiger partial charge in [-0.25, -0.2) is 0 Å². The quantitative estimate of drug-likeness (QED) is 0.778. The molecule has 0 saturated carbocycles. The fourth-order valence-electron chi connectivity index (χ4n) is 2.56. The van der Waals surface area contributed by atoms with E-state index in [4.69, 9.17) is 10.2 Å². The van der Waals surface area contributed by atoms with Crippen molar-refractivity contribution in [1.82, 2.24) is 4.90 Å². The van der Waals surface area contributed by atoms with E-state index < -0.39 is 6.10 Å². The second kappa shape index (κ2) is 4.83. The third-order valence-electron chi connectivity index (χ3n) is 3.96. The molecular weight excluding hydrogens is 256 g/mol. The number of amides is 1. The van der Waals surface area contributed by atoms with E-state index in [1.54, 1.807) is 29.2 Å². The zero-order chi connectivity index (χ0) is 14.3. The molecule has 1 aromatic carbocycles. The van der Waals surface area contributed by atoms with Gasteiger partial charge in [-0.1, -0.05) is 6.92 Å². The number of nitrogens with zero attached hydrogens (tertiary/aromatic N) is 1. The molecule has 106 valence electrons. The van der Waals surface area contributed by atoms with Gasteiger partial charge in [-0.2, -0.15) is 0 Å². The summed E-state index contributed by atoms with van der Waals surface area (Å²) in [4.78, 5) is 14.0. The SMILES string of the molecule is CC1CCN(C(=O)c2cc3cc(N)ccc3o2)CC1O. The molecule has 3 N–H and O–H groups in total. The highest BCUT2D eigenvalue weighted by molar-refractivity contribution is 5.96. The number of piperidine rings is 1. The Bertz CT molecular complexity index is 650. The van der Waals surface area contributed by atoms with Gasteiger partial charge in [-0.05, 0) is 36.6 Å². The number of likely N-dealkylation sites (tertiary alicyclic amines) is 1. The van der Waals surface area contributed by atoms with Crippen LogP contribution in [0.5, 0.6) is 0 Å². The van der Waals surface area contributed by atoms with Gasteiger partial charge < -0.3 is 20.2 Å². The van der Waals surface area contributed by atoms with E-state index in [0.29, 0.717) is 30.1 Å². The van der Waals surface area contributed by atoms with Gasteiger partial charge in [0.2, 0.25) is 0 Å². The number of nitrogens with two attached hydrogens (primary N) is 1. The first-order chi connectivity index (χ1) is 9.54. The fourth-order valence-corrected chi connectivity index (χ4v) is 2.56. The molecule has 3 rings (SSSR count). The lowest BCUT2D eigenvalue weighted by atomic mass is 9.96. The number of anilines is 1. The van der Waals surface area contributed by atoms with Gasteiger partial charge in [-0.3, -0.25) is 4.79 Å². The summed E-state index contributed by atoms with van der Waals surface area (Å²) in [5.41, 5.74) is 7.00. The summed E-state index contributed by atoms with van der Waals surface area (Å²) in [6.07, 6.45) is 0.341. The molecule has 0 radical (unpaired) electrons. The molecule has 1 saturated heterocycles. The van der Waals surface area contributed by atoms with Crippen LogP contribution >= 0.6 is 0 Å². The topological polar surface area (TPSA) is 79.7 Å². The Morgan fingerprint density at radius 2 is 2.25 bits per heavy atom. The largest absolute Gasteiger partial charge is 0.451 e. The molecule has 0 spiro atoms. The average Bonchev–Trinajstić information content (AvgIpc) is 2.84. The molecule has 5 heteroatoms. The van der Waals surface area contributed by atoms with E-state index in [1.165, 1.54) is 0 Å². The van der Waals surface area contributed by atoms with Crippen LogP contribution < -0.4 is 5.73 Å². The Hall–Kier alpha value is -2.01. The van der Waals surface area contributed by atoms with Crippen LogP contribution in [-0.4, -0.2) is 35.1 Å². The van der Waals surface area contributed by atoms with Gasteiger partial charge in [0.15, 0.2) is 5.76 Å². The highest BCUT2D eigenvalue weighted by Crippen LogP contribution is 2.24. The van der Waals surface area contributed by atoms with Crippen LogP contribution in [0.15, 0.2) is 28.7 Å². The monoisotopic (exact) mass is 274 g/mol. The lowest BCUT2D eigenvalue weighted by Gasteiger charge is -2.33. The number of hydrogen-bond donors (Lipinski definition) is 2. The third-order valence-corrected chi connectivity index (χ3v) is 3.96. The van der Waals surface area contributed by atoms with E-state index >= 15 is 0 Å². The fraction of sp³-hybridized carbons (Fsp3) is 0.400. The summed E-state index contributed by atoms with van der Waals surface area (Å²) < 4.78 is 5.57. The first kappa shape index (κ1) is 13.0. The van der Waals surface area contributed by atoms with Gasteiger partial charge in [0.25, 0.3) is 5.91 Å². The number of nitrogen functional groups attached to an aromatic ring is 1. The minimum atomic E-state index is -0.465.